The zero-order chi connectivity index (χ0) is 23.7. The highest BCUT2D eigenvalue weighted by molar-refractivity contribution is 5.82. The van der Waals surface area contributed by atoms with Gasteiger partial charge in [0.1, 0.15) is 5.92 Å². The SMILES string of the molecule is COc1cccc2c1OCC[C@]21C[NH2+]C[C@H]1C(=O)N1CCC(c2ccccc2)CC1CC(F)F. The van der Waals surface area contributed by atoms with Gasteiger partial charge in [0.15, 0.2) is 11.5 Å². The third kappa shape index (κ3) is 4.04. The molecule has 2 unspecified atom stereocenters. The number of carbonyl (C=O) groups excluding carboxylic acids is 1. The van der Waals surface area contributed by atoms with Crippen LogP contribution in [0.3, 0.4) is 0 Å². The van der Waals surface area contributed by atoms with E-state index in [4.69, 9.17) is 9.47 Å². The highest BCUT2D eigenvalue weighted by Crippen LogP contribution is 2.49. The maximum Gasteiger partial charge on any atom is 0.240 e. The second-order valence-electron chi connectivity index (χ2n) is 9.82. The zero-order valence-corrected chi connectivity index (χ0v) is 19.6. The lowest BCUT2D eigenvalue weighted by atomic mass is 9.68. The van der Waals surface area contributed by atoms with Gasteiger partial charge in [0.05, 0.1) is 32.2 Å². The van der Waals surface area contributed by atoms with Crippen molar-refractivity contribution >= 4 is 5.91 Å². The van der Waals surface area contributed by atoms with Gasteiger partial charge in [0.2, 0.25) is 12.3 Å². The second kappa shape index (κ2) is 9.53. The summed E-state index contributed by atoms with van der Waals surface area (Å²) >= 11 is 0. The minimum atomic E-state index is -2.44. The molecule has 3 aliphatic rings. The van der Waals surface area contributed by atoms with Crippen LogP contribution in [0.2, 0.25) is 0 Å². The molecule has 2 aromatic rings. The van der Waals surface area contributed by atoms with E-state index < -0.39 is 12.5 Å². The Bertz CT molecular complexity index is 1020. The molecule has 0 aliphatic carbocycles. The number of halogens is 2. The number of alkyl halides is 2. The molecule has 2 aromatic carbocycles. The normalized spacial score (nSPS) is 28.6. The molecule has 4 atom stereocenters. The smallest absolute Gasteiger partial charge is 0.240 e. The van der Waals surface area contributed by atoms with Crippen molar-refractivity contribution in [3.05, 3.63) is 59.7 Å². The largest absolute Gasteiger partial charge is 0.493 e. The molecule has 0 aromatic heterocycles. The van der Waals surface area contributed by atoms with E-state index in [-0.39, 0.29) is 29.6 Å². The van der Waals surface area contributed by atoms with Crippen molar-refractivity contribution in [1.29, 1.82) is 0 Å². The first kappa shape index (κ1) is 23.1. The minimum Gasteiger partial charge on any atom is -0.493 e. The van der Waals surface area contributed by atoms with Gasteiger partial charge in [-0.2, -0.15) is 0 Å². The number of likely N-dealkylation sites (tertiary alicyclic amines) is 1. The van der Waals surface area contributed by atoms with Gasteiger partial charge in [-0.3, -0.25) is 4.79 Å². The van der Waals surface area contributed by atoms with Crippen molar-refractivity contribution in [2.45, 2.75) is 49.5 Å². The van der Waals surface area contributed by atoms with Crippen molar-refractivity contribution in [3.63, 3.8) is 0 Å². The maximum absolute atomic E-state index is 14.1. The van der Waals surface area contributed by atoms with Crippen LogP contribution in [0.4, 0.5) is 8.78 Å². The predicted molar refractivity (Wildman–Crippen MR) is 124 cm³/mol. The molecule has 3 aliphatic heterocycles. The van der Waals surface area contributed by atoms with Gasteiger partial charge in [-0.25, -0.2) is 8.78 Å². The number of amides is 1. The Balaban J connectivity index is 1.43. The van der Waals surface area contributed by atoms with E-state index in [1.54, 1.807) is 12.0 Å². The molecule has 7 heteroatoms. The van der Waals surface area contributed by atoms with Crippen LogP contribution >= 0.6 is 0 Å². The molecule has 0 bridgehead atoms. The molecule has 0 saturated carbocycles. The van der Waals surface area contributed by atoms with E-state index in [1.807, 2.05) is 36.4 Å². The number of quaternary nitrogens is 1. The van der Waals surface area contributed by atoms with Gasteiger partial charge >= 0.3 is 0 Å². The van der Waals surface area contributed by atoms with Gasteiger partial charge in [-0.1, -0.05) is 42.5 Å². The summed E-state index contributed by atoms with van der Waals surface area (Å²) in [5.74, 6) is 1.34. The van der Waals surface area contributed by atoms with Crippen LogP contribution in [-0.4, -0.2) is 56.6 Å². The average Bonchev–Trinajstić information content (AvgIpc) is 3.27. The number of hydrogen-bond acceptors (Lipinski definition) is 3. The van der Waals surface area contributed by atoms with Crippen LogP contribution in [0.25, 0.3) is 0 Å². The van der Waals surface area contributed by atoms with E-state index in [9.17, 15) is 13.6 Å². The van der Waals surface area contributed by atoms with Crippen molar-refractivity contribution in [3.8, 4) is 11.5 Å². The summed E-state index contributed by atoms with van der Waals surface area (Å²) < 4.78 is 38.7. The van der Waals surface area contributed by atoms with Gasteiger partial charge in [0.25, 0.3) is 0 Å². The van der Waals surface area contributed by atoms with E-state index >= 15 is 0 Å². The summed E-state index contributed by atoms with van der Waals surface area (Å²) in [4.78, 5) is 15.8. The third-order valence-electron chi connectivity index (χ3n) is 8.13. The molecule has 182 valence electrons. The van der Waals surface area contributed by atoms with Crippen LogP contribution in [0.1, 0.15) is 42.7 Å². The molecule has 2 fully saturated rings. The van der Waals surface area contributed by atoms with E-state index in [0.717, 1.165) is 30.7 Å². The molecule has 1 spiro atoms. The molecule has 2 N–H and O–H groups in total. The number of ether oxygens (including phenoxy) is 2. The van der Waals surface area contributed by atoms with E-state index in [0.29, 0.717) is 31.9 Å². The lowest BCUT2D eigenvalue weighted by Crippen LogP contribution is -2.82. The molecule has 0 radical (unpaired) electrons. The first-order valence-corrected chi connectivity index (χ1v) is 12.3. The summed E-state index contributed by atoms with van der Waals surface area (Å²) in [6.45, 7) is 2.48. The molecule has 2 saturated heterocycles. The number of nitrogens with two attached hydrogens (primary N) is 1. The number of hydrogen-bond donors (Lipinski definition) is 1. The highest BCUT2D eigenvalue weighted by atomic mass is 19.3. The first-order chi connectivity index (χ1) is 16.5. The number of benzene rings is 2. The average molecular weight is 472 g/mol. The Morgan fingerprint density at radius 2 is 2.06 bits per heavy atom. The van der Waals surface area contributed by atoms with Gasteiger partial charge in [-0.05, 0) is 36.8 Å². The quantitative estimate of drug-likeness (QED) is 0.728. The molecular weight excluding hydrogens is 438 g/mol. The first-order valence-electron chi connectivity index (χ1n) is 12.3. The number of nitrogens with zero attached hydrogens (tertiary/aromatic N) is 1. The van der Waals surface area contributed by atoms with Crippen LogP contribution in [0.15, 0.2) is 48.5 Å². The predicted octanol–water partition coefficient (Wildman–Crippen LogP) is 3.34. The van der Waals surface area contributed by atoms with Gasteiger partial charge in [-0.15, -0.1) is 0 Å². The Labute approximate surface area is 199 Å². The topological polar surface area (TPSA) is 55.4 Å². The molecule has 34 heavy (non-hydrogen) atoms. The monoisotopic (exact) mass is 471 g/mol. The third-order valence-corrected chi connectivity index (χ3v) is 8.13. The number of piperidine rings is 1. The van der Waals surface area contributed by atoms with Crippen LogP contribution in [-0.2, 0) is 10.2 Å². The zero-order valence-electron chi connectivity index (χ0n) is 19.6. The standard InChI is InChI=1S/C27H32F2N2O3/c1-33-23-9-5-8-21-25(23)34-13-11-27(21)17-30-16-22(27)26(32)31-12-10-19(14-20(31)15-24(28)29)18-6-3-2-4-7-18/h2-9,19-20,22,24,30H,10-17H2,1H3/p+1/t19?,20?,22-,27-/m0/s1. The lowest BCUT2D eigenvalue weighted by molar-refractivity contribution is -0.640. The van der Waals surface area contributed by atoms with Crippen LogP contribution < -0.4 is 14.8 Å². The van der Waals surface area contributed by atoms with Crippen LogP contribution in [0.5, 0.6) is 11.5 Å². The molecule has 5 rings (SSSR count). The molecule has 3 heterocycles. The Morgan fingerprint density at radius 1 is 1.24 bits per heavy atom. The Kier molecular flexibility index (Phi) is 6.47. The Hall–Kier alpha value is -2.67. The number of carbonyl (C=O) groups is 1. The minimum absolute atomic E-state index is 0.0154. The van der Waals surface area contributed by atoms with Crippen molar-refractivity contribution in [1.82, 2.24) is 4.90 Å². The Morgan fingerprint density at radius 3 is 2.82 bits per heavy atom. The van der Waals surface area contributed by atoms with Gasteiger partial charge in [0, 0.05) is 24.6 Å². The fourth-order valence-corrected chi connectivity index (χ4v) is 6.47. The summed E-state index contributed by atoms with van der Waals surface area (Å²) in [6, 6.07) is 15.5. The van der Waals surface area contributed by atoms with Crippen molar-refractivity contribution in [2.24, 2.45) is 5.92 Å². The molecule has 5 nitrogen and oxygen atoms in total. The maximum atomic E-state index is 14.1. The number of methoxy groups -OCH3 is 1. The van der Waals surface area contributed by atoms with Crippen LogP contribution in [0, 0.1) is 5.92 Å². The summed E-state index contributed by atoms with van der Waals surface area (Å²) in [5, 5.41) is 2.19. The number of rotatable bonds is 5. The fourth-order valence-electron chi connectivity index (χ4n) is 6.47. The number of para-hydroxylation sites is 1. The molecule has 1 amide bonds. The lowest BCUT2D eigenvalue weighted by Gasteiger charge is -2.44. The highest BCUT2D eigenvalue weighted by Gasteiger charge is 2.56. The van der Waals surface area contributed by atoms with E-state index in [1.165, 1.54) is 5.56 Å². The summed E-state index contributed by atoms with van der Waals surface area (Å²) in [5.41, 5.74) is 1.81. The van der Waals surface area contributed by atoms with E-state index in [2.05, 4.69) is 17.4 Å². The van der Waals surface area contributed by atoms with Crippen molar-refractivity contribution < 1.29 is 28.4 Å². The van der Waals surface area contributed by atoms with Crippen molar-refractivity contribution in [2.75, 3.05) is 33.4 Å². The second-order valence-corrected chi connectivity index (χ2v) is 9.82. The summed E-state index contributed by atoms with van der Waals surface area (Å²) in [6.07, 6.45) is -0.595. The van der Waals surface area contributed by atoms with Gasteiger partial charge < -0.3 is 19.7 Å². The fraction of sp³-hybridized carbons (Fsp3) is 0.519. The number of fused-ring (bicyclic) bond motifs is 2. The molecular formula is C27H33F2N2O3+. The summed E-state index contributed by atoms with van der Waals surface area (Å²) in [7, 11) is 1.62.